The Morgan fingerprint density at radius 2 is 2.44 bits per heavy atom. The summed E-state index contributed by atoms with van der Waals surface area (Å²) in [5.41, 5.74) is 2.11. The zero-order valence-electron chi connectivity index (χ0n) is 9.39. The summed E-state index contributed by atoms with van der Waals surface area (Å²) in [4.78, 5) is 0. The molecule has 1 aliphatic heterocycles. The molecule has 1 saturated heterocycles. The van der Waals surface area contributed by atoms with E-state index in [-0.39, 0.29) is 0 Å². The fraction of sp³-hybridized carbons (Fsp3) is 0.500. The molecular formula is C12H15N3O. The summed E-state index contributed by atoms with van der Waals surface area (Å²) in [6, 6.07) is 4.09. The highest BCUT2D eigenvalue weighted by Crippen LogP contribution is 2.17. The minimum absolute atomic E-state index is 0.327. The second-order valence-corrected chi connectivity index (χ2v) is 4.34. The van der Waals surface area contributed by atoms with Crippen LogP contribution < -0.4 is 0 Å². The molecule has 1 atom stereocenters. The van der Waals surface area contributed by atoms with Crippen LogP contribution in [0.3, 0.4) is 0 Å². The van der Waals surface area contributed by atoms with Crippen LogP contribution in [0.2, 0.25) is 0 Å². The van der Waals surface area contributed by atoms with Gasteiger partial charge in [-0.15, -0.1) is 10.2 Å². The number of fused-ring (bicyclic) bond motifs is 1. The number of ether oxygens (including phenoxy) is 1. The Hall–Kier alpha value is -1.42. The highest BCUT2D eigenvalue weighted by molar-refractivity contribution is 5.46. The molecule has 0 aromatic carbocycles. The van der Waals surface area contributed by atoms with Gasteiger partial charge in [-0.2, -0.15) is 0 Å². The molecule has 2 aromatic heterocycles. The Labute approximate surface area is 94.3 Å². The maximum atomic E-state index is 5.62. The van der Waals surface area contributed by atoms with Crippen LogP contribution in [0, 0.1) is 6.92 Å². The second-order valence-electron chi connectivity index (χ2n) is 4.34. The van der Waals surface area contributed by atoms with Crippen LogP contribution >= 0.6 is 0 Å². The largest absolute Gasteiger partial charge is 0.378 e. The molecule has 16 heavy (non-hydrogen) atoms. The van der Waals surface area contributed by atoms with Gasteiger partial charge in [0.15, 0.2) is 5.65 Å². The van der Waals surface area contributed by atoms with Crippen molar-refractivity contribution in [3.8, 4) is 0 Å². The number of nitrogens with zero attached hydrogens (tertiary/aromatic N) is 3. The predicted octanol–water partition coefficient (Wildman–Crippen LogP) is 1.76. The number of aryl methyl sites for hydroxylation is 1. The van der Waals surface area contributed by atoms with Gasteiger partial charge in [0.25, 0.3) is 0 Å². The summed E-state index contributed by atoms with van der Waals surface area (Å²) >= 11 is 0. The SMILES string of the molecule is Cc1cccn2c(CC3CCCO3)nnc12. The normalized spacial score (nSPS) is 20.7. The van der Waals surface area contributed by atoms with Crippen molar-refractivity contribution >= 4 is 5.65 Å². The van der Waals surface area contributed by atoms with Crippen molar-refractivity contribution < 1.29 is 4.74 Å². The average molecular weight is 217 g/mol. The van der Waals surface area contributed by atoms with Crippen LogP contribution in [0.5, 0.6) is 0 Å². The molecular weight excluding hydrogens is 202 g/mol. The van der Waals surface area contributed by atoms with Crippen LogP contribution in [0.15, 0.2) is 18.3 Å². The van der Waals surface area contributed by atoms with E-state index in [1.807, 2.05) is 12.3 Å². The van der Waals surface area contributed by atoms with E-state index in [2.05, 4.69) is 27.6 Å². The number of rotatable bonds is 2. The lowest BCUT2D eigenvalue weighted by Crippen LogP contribution is -2.11. The standard InChI is InChI=1S/C12H15N3O/c1-9-4-2-6-15-11(13-14-12(9)15)8-10-5-3-7-16-10/h2,4,6,10H,3,5,7-8H2,1H3. The monoisotopic (exact) mass is 217 g/mol. The minimum Gasteiger partial charge on any atom is -0.378 e. The third-order valence-electron chi connectivity index (χ3n) is 3.13. The summed E-state index contributed by atoms with van der Waals surface area (Å²) < 4.78 is 7.69. The van der Waals surface area contributed by atoms with Crippen LogP contribution in [0.4, 0.5) is 0 Å². The molecule has 2 aromatic rings. The number of pyridine rings is 1. The van der Waals surface area contributed by atoms with Crippen molar-refractivity contribution in [3.63, 3.8) is 0 Å². The van der Waals surface area contributed by atoms with E-state index in [1.54, 1.807) is 0 Å². The van der Waals surface area contributed by atoms with E-state index < -0.39 is 0 Å². The van der Waals surface area contributed by atoms with Gasteiger partial charge in [0.05, 0.1) is 6.10 Å². The Balaban J connectivity index is 1.94. The summed E-state index contributed by atoms with van der Waals surface area (Å²) in [6.45, 7) is 2.94. The number of hydrogen-bond donors (Lipinski definition) is 0. The third-order valence-corrected chi connectivity index (χ3v) is 3.13. The van der Waals surface area contributed by atoms with Gasteiger partial charge in [-0.25, -0.2) is 0 Å². The van der Waals surface area contributed by atoms with Gasteiger partial charge >= 0.3 is 0 Å². The Morgan fingerprint density at radius 3 is 3.25 bits per heavy atom. The molecule has 0 amide bonds. The molecule has 0 spiro atoms. The summed E-state index contributed by atoms with van der Waals surface area (Å²) in [6.07, 6.45) is 5.52. The van der Waals surface area contributed by atoms with E-state index in [0.717, 1.165) is 36.5 Å². The Morgan fingerprint density at radius 1 is 1.50 bits per heavy atom. The topological polar surface area (TPSA) is 39.4 Å². The first kappa shape index (κ1) is 9.78. The second kappa shape index (κ2) is 3.87. The van der Waals surface area contributed by atoms with Crippen molar-refractivity contribution in [2.75, 3.05) is 6.61 Å². The first-order valence-corrected chi connectivity index (χ1v) is 5.75. The molecule has 0 bridgehead atoms. The lowest BCUT2D eigenvalue weighted by molar-refractivity contribution is 0.109. The third kappa shape index (κ3) is 1.59. The molecule has 3 rings (SSSR count). The molecule has 0 aliphatic carbocycles. The van der Waals surface area contributed by atoms with Gasteiger partial charge in [-0.1, -0.05) is 6.07 Å². The fourth-order valence-corrected chi connectivity index (χ4v) is 2.25. The fourth-order valence-electron chi connectivity index (χ4n) is 2.25. The summed E-state index contributed by atoms with van der Waals surface area (Å²) in [7, 11) is 0. The highest BCUT2D eigenvalue weighted by atomic mass is 16.5. The zero-order valence-corrected chi connectivity index (χ0v) is 9.39. The van der Waals surface area contributed by atoms with Crippen molar-refractivity contribution in [3.05, 3.63) is 29.7 Å². The maximum absolute atomic E-state index is 5.62. The first-order chi connectivity index (χ1) is 7.84. The lowest BCUT2D eigenvalue weighted by atomic mass is 10.2. The van der Waals surface area contributed by atoms with E-state index in [0.29, 0.717) is 6.10 Å². The van der Waals surface area contributed by atoms with Gasteiger partial charge in [0.2, 0.25) is 0 Å². The highest BCUT2D eigenvalue weighted by Gasteiger charge is 2.19. The molecule has 84 valence electrons. The predicted molar refractivity (Wildman–Crippen MR) is 60.4 cm³/mol. The zero-order chi connectivity index (χ0) is 11.0. The molecule has 1 fully saturated rings. The van der Waals surface area contributed by atoms with Crippen molar-refractivity contribution in [1.29, 1.82) is 0 Å². The van der Waals surface area contributed by atoms with Crippen molar-refractivity contribution in [2.45, 2.75) is 32.3 Å². The Bertz CT molecular complexity index is 500. The molecule has 0 radical (unpaired) electrons. The lowest BCUT2D eigenvalue weighted by Gasteiger charge is -2.07. The van der Waals surface area contributed by atoms with Crippen LogP contribution in [-0.4, -0.2) is 27.3 Å². The van der Waals surface area contributed by atoms with Crippen LogP contribution in [-0.2, 0) is 11.2 Å². The van der Waals surface area contributed by atoms with Gasteiger partial charge in [-0.3, -0.25) is 4.40 Å². The molecule has 1 aliphatic rings. The van der Waals surface area contributed by atoms with E-state index >= 15 is 0 Å². The van der Waals surface area contributed by atoms with E-state index in [9.17, 15) is 0 Å². The van der Waals surface area contributed by atoms with E-state index in [4.69, 9.17) is 4.74 Å². The Kier molecular flexibility index (Phi) is 2.36. The molecule has 4 nitrogen and oxygen atoms in total. The molecule has 0 saturated carbocycles. The molecule has 4 heteroatoms. The minimum atomic E-state index is 0.327. The number of hydrogen-bond acceptors (Lipinski definition) is 3. The van der Waals surface area contributed by atoms with Crippen LogP contribution in [0.1, 0.15) is 24.2 Å². The summed E-state index contributed by atoms with van der Waals surface area (Å²) in [5, 5.41) is 8.47. The molecule has 0 N–H and O–H groups in total. The van der Waals surface area contributed by atoms with Crippen LogP contribution in [0.25, 0.3) is 5.65 Å². The average Bonchev–Trinajstić information content (AvgIpc) is 2.90. The van der Waals surface area contributed by atoms with Crippen molar-refractivity contribution in [2.24, 2.45) is 0 Å². The van der Waals surface area contributed by atoms with Gasteiger partial charge < -0.3 is 4.74 Å². The van der Waals surface area contributed by atoms with Gasteiger partial charge in [0, 0.05) is 19.2 Å². The van der Waals surface area contributed by atoms with E-state index in [1.165, 1.54) is 6.42 Å². The number of aromatic nitrogens is 3. The van der Waals surface area contributed by atoms with Gasteiger partial charge in [-0.05, 0) is 31.4 Å². The molecule has 1 unspecified atom stereocenters. The summed E-state index contributed by atoms with van der Waals surface area (Å²) in [5.74, 6) is 1.01. The maximum Gasteiger partial charge on any atom is 0.163 e. The molecule has 3 heterocycles. The quantitative estimate of drug-likeness (QED) is 0.769. The smallest absolute Gasteiger partial charge is 0.163 e. The van der Waals surface area contributed by atoms with Crippen molar-refractivity contribution in [1.82, 2.24) is 14.6 Å². The first-order valence-electron chi connectivity index (χ1n) is 5.75. The van der Waals surface area contributed by atoms with Gasteiger partial charge in [0.1, 0.15) is 5.82 Å².